The van der Waals surface area contributed by atoms with Gasteiger partial charge in [-0.25, -0.2) is 9.67 Å². The maximum atomic E-state index is 13.2. The van der Waals surface area contributed by atoms with Crippen molar-refractivity contribution in [2.24, 2.45) is 0 Å². The molecular weight excluding hydrogens is 460 g/mol. The number of nitrogens with one attached hydrogen (secondary N) is 2. The zero-order chi connectivity index (χ0) is 25.4. The van der Waals surface area contributed by atoms with Gasteiger partial charge in [0.25, 0.3) is 5.56 Å². The number of benzene rings is 2. The van der Waals surface area contributed by atoms with Crippen LogP contribution in [0.3, 0.4) is 0 Å². The van der Waals surface area contributed by atoms with E-state index >= 15 is 0 Å². The van der Waals surface area contributed by atoms with Crippen LogP contribution < -0.4 is 20.3 Å². The average Bonchev–Trinajstić information content (AvgIpc) is 3.17. The smallest absolute Gasteiger partial charge is 0.258 e. The van der Waals surface area contributed by atoms with Crippen LogP contribution in [0.2, 0.25) is 0 Å². The van der Waals surface area contributed by atoms with Crippen molar-refractivity contribution in [1.29, 1.82) is 0 Å². The molecule has 1 unspecified atom stereocenters. The lowest BCUT2D eigenvalue weighted by atomic mass is 10.00. The third kappa shape index (κ3) is 4.09. The zero-order valence-corrected chi connectivity index (χ0v) is 20.7. The summed E-state index contributed by atoms with van der Waals surface area (Å²) in [5.74, 6) is 1.31. The molecule has 0 aliphatic carbocycles. The van der Waals surface area contributed by atoms with Gasteiger partial charge in [-0.3, -0.25) is 14.5 Å². The molecule has 1 aliphatic heterocycles. The molecule has 0 bridgehead atoms. The summed E-state index contributed by atoms with van der Waals surface area (Å²) in [5, 5.41) is 8.11. The van der Waals surface area contributed by atoms with Gasteiger partial charge < -0.3 is 19.8 Å². The molecule has 1 fully saturated rings. The number of piperazine rings is 1. The molecule has 1 atom stereocenters. The predicted octanol–water partition coefficient (Wildman–Crippen LogP) is 2.42. The number of rotatable bonds is 6. The molecule has 5 rings (SSSR count). The number of nitrogens with zero attached hydrogens (tertiary/aromatic N) is 4. The fourth-order valence-corrected chi connectivity index (χ4v) is 4.85. The number of hydrogen-bond donors (Lipinski definition) is 2. The van der Waals surface area contributed by atoms with Gasteiger partial charge in [-0.1, -0.05) is 18.2 Å². The van der Waals surface area contributed by atoms with Gasteiger partial charge in [0.2, 0.25) is 5.91 Å². The number of H-pyrrole nitrogens is 1. The third-order valence-electron chi connectivity index (χ3n) is 6.55. The Morgan fingerprint density at radius 1 is 1.06 bits per heavy atom. The fraction of sp³-hybridized carbons (Fsp3) is 0.308. The van der Waals surface area contributed by atoms with E-state index in [-0.39, 0.29) is 18.0 Å². The Morgan fingerprint density at radius 2 is 1.78 bits per heavy atom. The molecule has 1 aliphatic rings. The molecule has 0 radical (unpaired) electrons. The highest BCUT2D eigenvalue weighted by molar-refractivity contribution is 5.85. The van der Waals surface area contributed by atoms with Gasteiger partial charge in [-0.2, -0.15) is 5.10 Å². The summed E-state index contributed by atoms with van der Waals surface area (Å²) in [4.78, 5) is 35.6. The van der Waals surface area contributed by atoms with Crippen LogP contribution in [0.15, 0.2) is 47.3 Å². The van der Waals surface area contributed by atoms with Gasteiger partial charge >= 0.3 is 0 Å². The van der Waals surface area contributed by atoms with Crippen molar-refractivity contribution in [3.63, 3.8) is 0 Å². The molecule has 186 valence electrons. The lowest BCUT2D eigenvalue weighted by Crippen LogP contribution is -2.50. The molecule has 1 amide bonds. The Kier molecular flexibility index (Phi) is 6.19. The first-order chi connectivity index (χ1) is 17.4. The molecule has 0 saturated carbocycles. The minimum Gasteiger partial charge on any atom is -0.493 e. The van der Waals surface area contributed by atoms with Crippen LogP contribution in [0.25, 0.3) is 16.6 Å². The van der Waals surface area contributed by atoms with Crippen molar-refractivity contribution in [1.82, 2.24) is 30.0 Å². The first kappa shape index (κ1) is 23.6. The molecule has 3 heterocycles. The Morgan fingerprint density at radius 3 is 2.50 bits per heavy atom. The van der Waals surface area contributed by atoms with E-state index in [1.54, 1.807) is 12.1 Å². The summed E-state index contributed by atoms with van der Waals surface area (Å²) in [6.45, 7) is 5.27. The second-order valence-corrected chi connectivity index (χ2v) is 8.73. The Labute approximate surface area is 207 Å². The summed E-state index contributed by atoms with van der Waals surface area (Å²) < 4.78 is 12.6. The van der Waals surface area contributed by atoms with Crippen molar-refractivity contribution >= 4 is 16.8 Å². The van der Waals surface area contributed by atoms with Crippen molar-refractivity contribution < 1.29 is 14.3 Å². The number of carbonyl (C=O) groups is 1. The van der Waals surface area contributed by atoms with Crippen molar-refractivity contribution in [2.45, 2.75) is 26.4 Å². The number of ether oxygens (including phenoxy) is 2. The summed E-state index contributed by atoms with van der Waals surface area (Å²) in [7, 11) is 3.06. The second-order valence-electron chi connectivity index (χ2n) is 8.73. The molecule has 4 aromatic rings. The molecule has 36 heavy (non-hydrogen) atoms. The predicted molar refractivity (Wildman–Crippen MR) is 135 cm³/mol. The lowest BCUT2D eigenvalue weighted by Gasteiger charge is -2.35. The third-order valence-corrected chi connectivity index (χ3v) is 6.55. The van der Waals surface area contributed by atoms with Gasteiger partial charge in [-0.15, -0.1) is 0 Å². The standard InChI is InChI=1S/C26H28N6O4/c1-15-23(16(2)32(30-15)17-8-6-5-7-9-17)24-26(34)27-10-11-31(24)14-22-28-19-13-21(36-4)20(35-3)12-18(19)25(33)29-22/h5-9,12-13,24H,10-11,14H2,1-4H3,(H,27,34)(H,28,29,33). The van der Waals surface area contributed by atoms with E-state index in [0.717, 1.165) is 22.6 Å². The van der Waals surface area contributed by atoms with Crippen LogP contribution in [-0.2, 0) is 11.3 Å². The maximum Gasteiger partial charge on any atom is 0.258 e. The molecule has 2 aromatic heterocycles. The van der Waals surface area contributed by atoms with Crippen LogP contribution in [-0.4, -0.2) is 57.9 Å². The van der Waals surface area contributed by atoms with Crippen LogP contribution in [0, 0.1) is 13.8 Å². The number of aryl methyl sites for hydroxylation is 1. The van der Waals surface area contributed by atoms with Gasteiger partial charge in [-0.05, 0) is 32.0 Å². The highest BCUT2D eigenvalue weighted by Crippen LogP contribution is 2.32. The van der Waals surface area contributed by atoms with E-state index in [1.807, 2.05) is 53.8 Å². The van der Waals surface area contributed by atoms with Crippen molar-refractivity contribution in [3.8, 4) is 17.2 Å². The second kappa shape index (κ2) is 9.46. The Hall–Kier alpha value is -4.18. The first-order valence-corrected chi connectivity index (χ1v) is 11.7. The molecular formula is C26H28N6O4. The van der Waals surface area contributed by atoms with Gasteiger partial charge in [0.05, 0.1) is 43.0 Å². The fourth-order valence-electron chi connectivity index (χ4n) is 4.85. The average molecular weight is 489 g/mol. The van der Waals surface area contributed by atoms with Crippen molar-refractivity contribution in [3.05, 3.63) is 75.6 Å². The first-order valence-electron chi connectivity index (χ1n) is 11.7. The van der Waals surface area contributed by atoms with E-state index in [4.69, 9.17) is 14.6 Å². The van der Waals surface area contributed by atoms with E-state index in [9.17, 15) is 9.59 Å². The quantitative estimate of drug-likeness (QED) is 0.428. The Balaban J connectivity index is 1.53. The van der Waals surface area contributed by atoms with E-state index in [2.05, 4.69) is 15.3 Å². The number of carbonyl (C=O) groups excluding carboxylic acids is 1. The summed E-state index contributed by atoms with van der Waals surface area (Å²) >= 11 is 0. The minimum absolute atomic E-state index is 0.102. The van der Waals surface area contributed by atoms with Crippen LogP contribution in [0.5, 0.6) is 11.5 Å². The Bertz CT molecular complexity index is 1490. The SMILES string of the molecule is COc1cc2nc(CN3CCNC(=O)C3c3c(C)nn(-c4ccccc4)c3C)[nH]c(=O)c2cc1OC. The number of hydrogen-bond acceptors (Lipinski definition) is 7. The molecule has 2 aromatic carbocycles. The normalized spacial score (nSPS) is 16.2. The van der Waals surface area contributed by atoms with Gasteiger partial charge in [0, 0.05) is 30.4 Å². The monoisotopic (exact) mass is 488 g/mol. The summed E-state index contributed by atoms with van der Waals surface area (Å²) in [6, 6.07) is 12.6. The summed E-state index contributed by atoms with van der Waals surface area (Å²) in [5.41, 5.74) is 3.66. The number of para-hydroxylation sites is 1. The number of methoxy groups -OCH3 is 2. The van der Waals surface area contributed by atoms with Gasteiger partial charge in [0.1, 0.15) is 11.9 Å². The highest BCUT2D eigenvalue weighted by atomic mass is 16.5. The molecule has 10 nitrogen and oxygen atoms in total. The van der Waals surface area contributed by atoms with Crippen LogP contribution in [0.4, 0.5) is 0 Å². The van der Waals surface area contributed by atoms with E-state index in [0.29, 0.717) is 41.3 Å². The van der Waals surface area contributed by atoms with Crippen LogP contribution >= 0.6 is 0 Å². The minimum atomic E-state index is -0.567. The largest absolute Gasteiger partial charge is 0.493 e. The molecule has 2 N–H and O–H groups in total. The number of aromatic amines is 1. The van der Waals surface area contributed by atoms with Crippen molar-refractivity contribution in [2.75, 3.05) is 27.3 Å². The zero-order valence-electron chi connectivity index (χ0n) is 20.7. The molecule has 10 heteroatoms. The lowest BCUT2D eigenvalue weighted by molar-refractivity contribution is -0.129. The summed E-state index contributed by atoms with van der Waals surface area (Å²) in [6.07, 6.45) is 0. The van der Waals surface area contributed by atoms with E-state index in [1.165, 1.54) is 14.2 Å². The number of aromatic nitrogens is 4. The van der Waals surface area contributed by atoms with E-state index < -0.39 is 6.04 Å². The van der Waals surface area contributed by atoms with Crippen LogP contribution in [0.1, 0.15) is 28.8 Å². The molecule has 0 spiro atoms. The highest BCUT2D eigenvalue weighted by Gasteiger charge is 2.36. The molecule has 1 saturated heterocycles. The maximum absolute atomic E-state index is 13.2. The number of amides is 1. The topological polar surface area (TPSA) is 114 Å². The van der Waals surface area contributed by atoms with Gasteiger partial charge in [0.15, 0.2) is 11.5 Å². The number of fused-ring (bicyclic) bond motifs is 1.